The van der Waals surface area contributed by atoms with Crippen LogP contribution in [0.25, 0.3) is 64.6 Å². The Labute approximate surface area is 355 Å². The summed E-state index contributed by atoms with van der Waals surface area (Å²) in [7, 11) is 0. The summed E-state index contributed by atoms with van der Waals surface area (Å²) in [5.41, 5.74) is 9.17. The lowest BCUT2D eigenvalue weighted by atomic mass is 9.78. The van der Waals surface area contributed by atoms with Gasteiger partial charge in [-0.3, -0.25) is 0 Å². The van der Waals surface area contributed by atoms with Crippen LogP contribution in [0.5, 0.6) is 0 Å². The molecule has 0 saturated heterocycles. The SMILES string of the molecule is CC(C)(c1ccccc1)c1ccc(N(c2ccc(N(c3ccccc3)c3cc4cccc5ccc6cccc3c6c54)cc2)c2cc3cccc4ccc5cccc2c5c43)cc1. The van der Waals surface area contributed by atoms with E-state index in [2.05, 4.69) is 242 Å². The molecule has 0 aliphatic rings. The number of rotatable bonds is 8. The summed E-state index contributed by atoms with van der Waals surface area (Å²) in [6, 6.07) is 80.6. The van der Waals surface area contributed by atoms with Crippen molar-refractivity contribution in [2.75, 3.05) is 9.80 Å². The highest BCUT2D eigenvalue weighted by Crippen LogP contribution is 2.48. The van der Waals surface area contributed by atoms with E-state index < -0.39 is 0 Å². The largest absolute Gasteiger partial charge is 0.310 e. The topological polar surface area (TPSA) is 6.48 Å². The number of hydrogen-bond acceptors (Lipinski definition) is 2. The molecule has 0 aliphatic heterocycles. The summed E-state index contributed by atoms with van der Waals surface area (Å²) in [6.45, 7) is 4.63. The van der Waals surface area contributed by atoms with E-state index in [1.807, 2.05) is 0 Å². The van der Waals surface area contributed by atoms with Gasteiger partial charge in [0.1, 0.15) is 0 Å². The zero-order valence-electron chi connectivity index (χ0n) is 34.2. The third kappa shape index (κ3) is 5.56. The molecule has 12 rings (SSSR count). The first-order valence-electron chi connectivity index (χ1n) is 21.3. The van der Waals surface area contributed by atoms with Crippen LogP contribution in [0.2, 0.25) is 0 Å². The van der Waals surface area contributed by atoms with Crippen LogP contribution >= 0.6 is 0 Å². The van der Waals surface area contributed by atoms with Crippen molar-refractivity contribution in [2.24, 2.45) is 0 Å². The fourth-order valence-corrected chi connectivity index (χ4v) is 10.1. The zero-order valence-corrected chi connectivity index (χ0v) is 34.2. The van der Waals surface area contributed by atoms with E-state index in [1.54, 1.807) is 0 Å². The lowest BCUT2D eigenvalue weighted by Gasteiger charge is -2.31. The average Bonchev–Trinajstić information content (AvgIpc) is 3.32. The van der Waals surface area contributed by atoms with Crippen molar-refractivity contribution in [2.45, 2.75) is 19.3 Å². The van der Waals surface area contributed by atoms with Crippen LogP contribution in [0.15, 0.2) is 218 Å². The van der Waals surface area contributed by atoms with Gasteiger partial charge < -0.3 is 9.80 Å². The quantitative estimate of drug-likeness (QED) is 0.142. The molecular formula is C59H42N2. The second-order valence-corrected chi connectivity index (χ2v) is 16.9. The van der Waals surface area contributed by atoms with Gasteiger partial charge >= 0.3 is 0 Å². The van der Waals surface area contributed by atoms with Gasteiger partial charge in [0.15, 0.2) is 0 Å². The Hall–Kier alpha value is -7.68. The number of nitrogens with zero attached hydrogens (tertiary/aromatic N) is 2. The lowest BCUT2D eigenvalue weighted by molar-refractivity contribution is 0.641. The molecule has 0 amide bonds. The van der Waals surface area contributed by atoms with Crippen molar-refractivity contribution in [1.82, 2.24) is 0 Å². The number of anilines is 6. The molecule has 0 N–H and O–H groups in total. The molecule has 0 atom stereocenters. The van der Waals surface area contributed by atoms with Crippen molar-refractivity contribution in [3.05, 3.63) is 230 Å². The van der Waals surface area contributed by atoms with Crippen LogP contribution in [-0.2, 0) is 5.41 Å². The van der Waals surface area contributed by atoms with Crippen molar-refractivity contribution < 1.29 is 0 Å². The lowest BCUT2D eigenvalue weighted by Crippen LogP contribution is -2.19. The number of benzene rings is 12. The van der Waals surface area contributed by atoms with Gasteiger partial charge in [0.2, 0.25) is 0 Å². The van der Waals surface area contributed by atoms with Gasteiger partial charge in [0.05, 0.1) is 11.4 Å². The monoisotopic (exact) mass is 778 g/mol. The minimum atomic E-state index is -0.151. The van der Waals surface area contributed by atoms with E-state index in [-0.39, 0.29) is 5.41 Å². The zero-order chi connectivity index (χ0) is 40.7. The van der Waals surface area contributed by atoms with Gasteiger partial charge in [-0.15, -0.1) is 0 Å². The van der Waals surface area contributed by atoms with Gasteiger partial charge in [-0.2, -0.15) is 0 Å². The molecule has 0 heterocycles. The third-order valence-corrected chi connectivity index (χ3v) is 13.2. The molecule has 2 nitrogen and oxygen atoms in total. The molecule has 0 fully saturated rings. The Morgan fingerprint density at radius 3 is 1.08 bits per heavy atom. The maximum absolute atomic E-state index is 2.46. The fraction of sp³-hybridized carbons (Fsp3) is 0.0508. The van der Waals surface area contributed by atoms with E-state index in [0.717, 1.165) is 34.1 Å². The van der Waals surface area contributed by atoms with Gasteiger partial charge in [-0.25, -0.2) is 0 Å². The molecule has 2 heteroatoms. The van der Waals surface area contributed by atoms with E-state index in [1.165, 1.54) is 75.8 Å². The summed E-state index contributed by atoms with van der Waals surface area (Å²) in [5, 5.41) is 15.3. The van der Waals surface area contributed by atoms with Gasteiger partial charge in [0, 0.05) is 38.9 Å². The normalized spacial score (nSPS) is 12.1. The first-order chi connectivity index (χ1) is 30.0. The summed E-state index contributed by atoms with van der Waals surface area (Å²) >= 11 is 0. The second-order valence-electron chi connectivity index (χ2n) is 16.9. The molecule has 0 bridgehead atoms. The Morgan fingerprint density at radius 2 is 0.623 bits per heavy atom. The molecular weight excluding hydrogens is 737 g/mol. The van der Waals surface area contributed by atoms with Gasteiger partial charge in [-0.1, -0.05) is 172 Å². The Bertz CT molecular complexity index is 3540. The Morgan fingerprint density at radius 1 is 0.279 bits per heavy atom. The standard InChI is InChI=1S/C59H42N2/c1-59(2,45-19-5-3-6-20-45)46-29-31-48(32-30-46)61(54-38-44-18-10-14-40-26-28-42-16-12-24-52(54)58(42)56(40)44)50-35-33-49(34-36-50)60(47-21-7-4-8-22-47)53-37-43-17-9-13-39-25-27-41-15-11-23-51(53)57(41)55(39)43/h3-38H,1-2H3. The second kappa shape index (κ2) is 13.7. The maximum Gasteiger partial charge on any atom is 0.0546 e. The minimum Gasteiger partial charge on any atom is -0.310 e. The third-order valence-electron chi connectivity index (χ3n) is 13.2. The molecule has 0 aromatic heterocycles. The van der Waals surface area contributed by atoms with Gasteiger partial charge in [-0.05, 0) is 126 Å². The van der Waals surface area contributed by atoms with Crippen LogP contribution in [-0.4, -0.2) is 0 Å². The van der Waals surface area contributed by atoms with Crippen molar-refractivity contribution in [1.29, 1.82) is 0 Å². The van der Waals surface area contributed by atoms with Crippen molar-refractivity contribution in [3.63, 3.8) is 0 Å². The highest BCUT2D eigenvalue weighted by atomic mass is 15.2. The Balaban J connectivity index is 1.05. The first kappa shape index (κ1) is 35.3. The Kier molecular flexibility index (Phi) is 7.92. The fourth-order valence-electron chi connectivity index (χ4n) is 10.1. The first-order valence-corrected chi connectivity index (χ1v) is 21.3. The minimum absolute atomic E-state index is 0.151. The van der Waals surface area contributed by atoms with Crippen LogP contribution in [0.3, 0.4) is 0 Å². The van der Waals surface area contributed by atoms with Gasteiger partial charge in [0.25, 0.3) is 0 Å². The summed E-state index contributed by atoms with van der Waals surface area (Å²) in [6.07, 6.45) is 0. The van der Waals surface area contributed by atoms with Crippen LogP contribution in [0.4, 0.5) is 34.1 Å². The molecule has 0 spiro atoms. The number of para-hydroxylation sites is 1. The smallest absolute Gasteiger partial charge is 0.0546 e. The maximum atomic E-state index is 2.46. The van der Waals surface area contributed by atoms with E-state index in [0.29, 0.717) is 0 Å². The molecule has 0 saturated carbocycles. The van der Waals surface area contributed by atoms with E-state index in [4.69, 9.17) is 0 Å². The highest BCUT2D eigenvalue weighted by molar-refractivity contribution is 6.28. The molecule has 61 heavy (non-hydrogen) atoms. The summed E-state index contributed by atoms with van der Waals surface area (Å²) in [4.78, 5) is 4.88. The molecule has 12 aromatic rings. The van der Waals surface area contributed by atoms with E-state index in [9.17, 15) is 0 Å². The van der Waals surface area contributed by atoms with Crippen molar-refractivity contribution in [3.8, 4) is 0 Å². The van der Waals surface area contributed by atoms with Crippen LogP contribution in [0.1, 0.15) is 25.0 Å². The number of hydrogen-bond donors (Lipinski definition) is 0. The molecule has 288 valence electrons. The van der Waals surface area contributed by atoms with E-state index >= 15 is 0 Å². The molecule has 0 unspecified atom stereocenters. The summed E-state index contributed by atoms with van der Waals surface area (Å²) < 4.78 is 0. The van der Waals surface area contributed by atoms with Crippen LogP contribution in [0, 0.1) is 0 Å². The highest BCUT2D eigenvalue weighted by Gasteiger charge is 2.25. The molecule has 0 radical (unpaired) electrons. The summed E-state index contributed by atoms with van der Waals surface area (Å²) in [5.74, 6) is 0. The molecule has 0 aliphatic carbocycles. The van der Waals surface area contributed by atoms with Crippen LogP contribution < -0.4 is 9.80 Å². The predicted molar refractivity (Wildman–Crippen MR) is 262 cm³/mol. The average molecular weight is 779 g/mol. The predicted octanol–water partition coefficient (Wildman–Crippen LogP) is 16.7. The van der Waals surface area contributed by atoms with Crippen molar-refractivity contribution >= 4 is 98.8 Å². The molecule has 12 aromatic carbocycles.